The third kappa shape index (κ3) is 22.9. The maximum atomic E-state index is 0. The van der Waals surface area contributed by atoms with Gasteiger partial charge in [-0.25, -0.2) is 0 Å². The molecule has 6 heteroatoms. The topological polar surface area (TPSA) is 0 Å². The minimum Gasteiger partial charge on any atom is 0 e. The minimum absolute atomic E-state index is 0. The van der Waals surface area contributed by atoms with Crippen molar-refractivity contribution in [3.63, 3.8) is 0 Å². The van der Waals surface area contributed by atoms with Crippen LogP contribution in [0.4, 0.5) is 0 Å². The van der Waals surface area contributed by atoms with E-state index in [1.807, 2.05) is 0 Å². The van der Waals surface area contributed by atoms with Gasteiger partial charge in [-0.3, -0.25) is 0 Å². The first kappa shape index (κ1) is 43.2. The summed E-state index contributed by atoms with van der Waals surface area (Å²) < 4.78 is 0. The van der Waals surface area contributed by atoms with Crippen molar-refractivity contribution >= 4 is 127 Å². The van der Waals surface area contributed by atoms with Gasteiger partial charge in [0.2, 0.25) is 0 Å². The zero-order valence-corrected chi connectivity index (χ0v) is 3.02. The normalized spacial score (nSPS) is 0. The molecular weight excluding hydrogens is 339 g/mol. The molecule has 33 valence electrons. The van der Waals surface area contributed by atoms with E-state index >= 15 is 0 Å². The fourth-order valence-electron chi connectivity index (χ4n) is 0. The second-order valence-electron chi connectivity index (χ2n) is 0. The molecule has 0 aromatic rings. The molecular formula is H9AlBaCaFeMgMn. The molecule has 0 bridgehead atoms. The van der Waals surface area contributed by atoms with Crippen molar-refractivity contribution in [2.45, 2.75) is 0 Å². The molecule has 0 aliphatic heterocycles. The molecule has 0 N–H and O–H groups in total. The van der Waals surface area contributed by atoms with Gasteiger partial charge in [0, 0.05) is 34.1 Å². The van der Waals surface area contributed by atoms with Gasteiger partial charge in [0.05, 0.1) is 0 Å². The van der Waals surface area contributed by atoms with E-state index in [1.54, 1.807) is 0 Å². The van der Waals surface area contributed by atoms with Crippen molar-refractivity contribution in [2.75, 3.05) is 0 Å². The summed E-state index contributed by atoms with van der Waals surface area (Å²) in [6.45, 7) is 0. The van der Waals surface area contributed by atoms with E-state index in [9.17, 15) is 0 Å². The molecule has 0 aliphatic rings. The molecule has 0 fully saturated rings. The van der Waals surface area contributed by atoms with Crippen LogP contribution in [-0.2, 0) is 34.1 Å². The first-order chi connectivity index (χ1) is 0. The van der Waals surface area contributed by atoms with Crippen molar-refractivity contribution in [3.05, 3.63) is 0 Å². The fraction of sp³-hybridized carbons (Fsp3) is 0. The van der Waals surface area contributed by atoms with E-state index in [1.165, 1.54) is 0 Å². The third-order valence-corrected chi connectivity index (χ3v) is 0. The predicted octanol–water partition coefficient (Wildman–Crippen LogP) is -3.94. The van der Waals surface area contributed by atoms with Gasteiger partial charge in [-0.15, -0.1) is 0 Å². The molecule has 0 heterocycles. The summed E-state index contributed by atoms with van der Waals surface area (Å²) in [7, 11) is 0. The molecule has 0 saturated heterocycles. The Morgan fingerprint density at radius 2 is 1.00 bits per heavy atom. The maximum Gasteiger partial charge on any atom is 0.316 e. The Bertz CT molecular complexity index is 15.5. The van der Waals surface area contributed by atoms with E-state index in [2.05, 4.69) is 0 Å². The van der Waals surface area contributed by atoms with Crippen molar-refractivity contribution in [1.29, 1.82) is 0 Å². The summed E-state index contributed by atoms with van der Waals surface area (Å²) in [5.74, 6) is 0. The monoisotopic (exact) mass is 349 g/mol. The van der Waals surface area contributed by atoms with Gasteiger partial charge in [-0.2, -0.15) is 0 Å². The van der Waals surface area contributed by atoms with Gasteiger partial charge in [0.1, 0.15) is 0 Å². The summed E-state index contributed by atoms with van der Waals surface area (Å²) in [5, 5.41) is 0. The molecule has 0 saturated carbocycles. The molecule has 0 rings (SSSR count). The van der Waals surface area contributed by atoms with E-state index < -0.39 is 0 Å². The van der Waals surface area contributed by atoms with Crippen LogP contribution in [0.2, 0.25) is 0 Å². The zero-order chi connectivity index (χ0) is 0. The summed E-state index contributed by atoms with van der Waals surface area (Å²) in [4.78, 5) is 0. The van der Waals surface area contributed by atoms with E-state index in [4.69, 9.17) is 0 Å². The van der Waals surface area contributed by atoms with Gasteiger partial charge in [0.25, 0.3) is 0 Å². The smallest absolute Gasteiger partial charge is 0 e. The van der Waals surface area contributed by atoms with Gasteiger partial charge in [-0.1, -0.05) is 0 Å². The van der Waals surface area contributed by atoms with Crippen molar-refractivity contribution in [3.8, 4) is 0 Å². The number of hydrogen-bond acceptors (Lipinski definition) is 0. The Morgan fingerprint density at radius 1 is 1.00 bits per heavy atom. The molecule has 0 unspecified atom stereocenters. The van der Waals surface area contributed by atoms with Crippen molar-refractivity contribution in [1.82, 2.24) is 0 Å². The summed E-state index contributed by atoms with van der Waals surface area (Å²) in [5.41, 5.74) is 0. The number of rotatable bonds is 0. The predicted molar refractivity (Wildman–Crippen MR) is 35.6 cm³/mol. The third-order valence-electron chi connectivity index (χ3n) is 0. The van der Waals surface area contributed by atoms with Crippen LogP contribution in [-0.4, -0.2) is 127 Å². The molecule has 0 aliphatic carbocycles. The summed E-state index contributed by atoms with van der Waals surface area (Å²) in [6.07, 6.45) is 0. The van der Waals surface area contributed by atoms with Crippen LogP contribution < -0.4 is 0 Å². The van der Waals surface area contributed by atoms with Crippen molar-refractivity contribution in [2.24, 2.45) is 0 Å². The quantitative estimate of drug-likeness (QED) is 0.392. The van der Waals surface area contributed by atoms with Gasteiger partial charge in [-0.05, 0) is 0 Å². The standard InChI is InChI=1S/Al.Ba.Ca.Fe.Mg.Mn.9H. The Hall–Kier alpha value is 5.17. The second-order valence-corrected chi connectivity index (χ2v) is 0. The molecule has 6 heavy (non-hydrogen) atoms. The molecule has 0 nitrogen and oxygen atoms in total. The Labute approximate surface area is 156 Å². The van der Waals surface area contributed by atoms with Gasteiger partial charge < -0.3 is 0 Å². The van der Waals surface area contributed by atoms with Crippen LogP contribution in [0.1, 0.15) is 0 Å². The van der Waals surface area contributed by atoms with E-state index in [-0.39, 0.29) is 161 Å². The first-order valence-corrected chi connectivity index (χ1v) is 0. The Balaban J connectivity index is 0. The SMILES string of the molecule is [AlH3].[BaH2].[CaH2].[Fe].[MgH2].[Mn]. The largest absolute Gasteiger partial charge is 0.316 e. The van der Waals surface area contributed by atoms with E-state index in [0.717, 1.165) is 0 Å². The van der Waals surface area contributed by atoms with E-state index in [0.29, 0.717) is 0 Å². The van der Waals surface area contributed by atoms with Crippen LogP contribution in [0.25, 0.3) is 0 Å². The van der Waals surface area contributed by atoms with Crippen LogP contribution in [0.15, 0.2) is 0 Å². The molecule has 0 spiro atoms. The molecule has 0 aromatic carbocycles. The minimum atomic E-state index is 0. The van der Waals surface area contributed by atoms with Gasteiger partial charge in [0.15, 0.2) is 17.4 Å². The Kier molecular flexibility index (Phi) is 231. The van der Waals surface area contributed by atoms with Crippen molar-refractivity contribution < 1.29 is 34.1 Å². The van der Waals surface area contributed by atoms with Crippen LogP contribution in [0.3, 0.4) is 0 Å². The number of hydrogen-bond donors (Lipinski definition) is 0. The molecule has 0 amide bonds. The summed E-state index contributed by atoms with van der Waals surface area (Å²) >= 11 is 0. The van der Waals surface area contributed by atoms with Gasteiger partial charge >= 0.3 is 110 Å². The fourth-order valence-corrected chi connectivity index (χ4v) is 0. The summed E-state index contributed by atoms with van der Waals surface area (Å²) in [6, 6.07) is 0. The maximum absolute atomic E-state index is 0. The van der Waals surface area contributed by atoms with Crippen LogP contribution >= 0.6 is 0 Å². The van der Waals surface area contributed by atoms with Crippen LogP contribution in [0.5, 0.6) is 0 Å². The zero-order valence-electron chi connectivity index (χ0n) is 0.732. The average Bonchev–Trinajstić information content (AvgIpc) is 0. The molecule has 1 radical (unpaired) electrons. The molecule has 0 aromatic heterocycles. The first-order valence-electron chi connectivity index (χ1n) is 0. The molecule has 0 atom stereocenters. The average molecular weight is 349 g/mol. The van der Waals surface area contributed by atoms with Crippen LogP contribution in [0, 0.1) is 0 Å². The Morgan fingerprint density at radius 3 is 1.00 bits per heavy atom. The second kappa shape index (κ2) is 32.0.